The Morgan fingerprint density at radius 1 is 1.07 bits per heavy atom. The molecule has 4 aromatic rings. The van der Waals surface area contributed by atoms with E-state index >= 15 is 0 Å². The van der Waals surface area contributed by atoms with E-state index in [1.54, 1.807) is 10.9 Å². The number of benzene rings is 1. The standard InChI is InChI=1S/C22H25N5O/c1-14-6-5-7-15(2)20(14)10-23-21-8-19(27-11-18(13-28)9-24-27)12-26-17(4)16(3)25-22(21)26/h5-9,11-12,23,28H,10,13H2,1-4H3. The fourth-order valence-electron chi connectivity index (χ4n) is 3.51. The Hall–Kier alpha value is -3.12. The summed E-state index contributed by atoms with van der Waals surface area (Å²) >= 11 is 0. The molecule has 0 aliphatic heterocycles. The number of anilines is 1. The van der Waals surface area contributed by atoms with Gasteiger partial charge >= 0.3 is 0 Å². The van der Waals surface area contributed by atoms with Gasteiger partial charge in [-0.2, -0.15) is 5.10 Å². The molecule has 0 aliphatic carbocycles. The van der Waals surface area contributed by atoms with Crippen LogP contribution in [0.3, 0.4) is 0 Å². The summed E-state index contributed by atoms with van der Waals surface area (Å²) in [7, 11) is 0. The van der Waals surface area contributed by atoms with Crippen LogP contribution < -0.4 is 5.32 Å². The van der Waals surface area contributed by atoms with Gasteiger partial charge in [-0.1, -0.05) is 18.2 Å². The average molecular weight is 375 g/mol. The number of imidazole rings is 1. The Bertz CT molecular complexity index is 1140. The number of pyridine rings is 1. The third-order valence-corrected chi connectivity index (χ3v) is 5.36. The average Bonchev–Trinajstić information content (AvgIpc) is 3.27. The molecule has 0 aliphatic rings. The normalized spacial score (nSPS) is 11.3. The Kier molecular flexibility index (Phi) is 4.65. The van der Waals surface area contributed by atoms with Crippen molar-refractivity contribution in [2.24, 2.45) is 0 Å². The van der Waals surface area contributed by atoms with Crippen LogP contribution in [0, 0.1) is 27.7 Å². The highest BCUT2D eigenvalue weighted by Crippen LogP contribution is 2.25. The summed E-state index contributed by atoms with van der Waals surface area (Å²) in [4.78, 5) is 4.76. The van der Waals surface area contributed by atoms with Crippen LogP contribution in [0.1, 0.15) is 33.6 Å². The van der Waals surface area contributed by atoms with Crippen LogP contribution in [0.5, 0.6) is 0 Å². The van der Waals surface area contributed by atoms with Crippen molar-refractivity contribution >= 4 is 11.3 Å². The first kappa shape index (κ1) is 18.3. The van der Waals surface area contributed by atoms with Crippen LogP contribution in [-0.2, 0) is 13.2 Å². The summed E-state index contributed by atoms with van der Waals surface area (Å²) in [5.74, 6) is 0. The summed E-state index contributed by atoms with van der Waals surface area (Å²) in [6, 6.07) is 8.42. The van der Waals surface area contributed by atoms with Gasteiger partial charge in [0.05, 0.1) is 29.9 Å². The van der Waals surface area contributed by atoms with Crippen molar-refractivity contribution in [3.8, 4) is 5.69 Å². The highest BCUT2D eigenvalue weighted by atomic mass is 16.3. The minimum Gasteiger partial charge on any atom is -0.392 e. The van der Waals surface area contributed by atoms with E-state index in [1.165, 1.54) is 16.7 Å². The van der Waals surface area contributed by atoms with E-state index in [2.05, 4.69) is 59.9 Å². The van der Waals surface area contributed by atoms with Crippen molar-refractivity contribution in [1.29, 1.82) is 0 Å². The summed E-state index contributed by atoms with van der Waals surface area (Å²) in [6.07, 6.45) is 5.55. The molecular weight excluding hydrogens is 350 g/mol. The second kappa shape index (κ2) is 7.13. The second-order valence-electron chi connectivity index (χ2n) is 7.26. The number of fused-ring (bicyclic) bond motifs is 1. The lowest BCUT2D eigenvalue weighted by atomic mass is 10.0. The predicted octanol–water partition coefficient (Wildman–Crippen LogP) is 3.86. The molecule has 0 atom stereocenters. The van der Waals surface area contributed by atoms with Gasteiger partial charge in [-0.25, -0.2) is 9.67 Å². The summed E-state index contributed by atoms with van der Waals surface area (Å²) in [6.45, 7) is 9.07. The first-order valence-electron chi connectivity index (χ1n) is 9.41. The van der Waals surface area contributed by atoms with Gasteiger partial charge in [-0.15, -0.1) is 0 Å². The van der Waals surface area contributed by atoms with Gasteiger partial charge < -0.3 is 14.8 Å². The van der Waals surface area contributed by atoms with Crippen molar-refractivity contribution in [3.63, 3.8) is 0 Å². The Labute approximate surface area is 164 Å². The van der Waals surface area contributed by atoms with E-state index in [0.717, 1.165) is 40.5 Å². The van der Waals surface area contributed by atoms with Gasteiger partial charge in [-0.3, -0.25) is 0 Å². The number of aryl methyl sites for hydroxylation is 4. The Balaban J connectivity index is 1.78. The highest BCUT2D eigenvalue weighted by molar-refractivity contribution is 5.71. The lowest BCUT2D eigenvalue weighted by molar-refractivity contribution is 0.282. The van der Waals surface area contributed by atoms with Crippen LogP contribution in [-0.4, -0.2) is 24.3 Å². The third kappa shape index (κ3) is 3.16. The Morgan fingerprint density at radius 2 is 1.82 bits per heavy atom. The molecule has 3 aromatic heterocycles. The maximum atomic E-state index is 9.35. The van der Waals surface area contributed by atoms with E-state index in [-0.39, 0.29) is 6.61 Å². The highest BCUT2D eigenvalue weighted by Gasteiger charge is 2.13. The molecule has 3 heterocycles. The monoisotopic (exact) mass is 375 g/mol. The Morgan fingerprint density at radius 3 is 2.50 bits per heavy atom. The van der Waals surface area contributed by atoms with Crippen molar-refractivity contribution in [2.75, 3.05) is 5.32 Å². The molecular formula is C22H25N5O. The van der Waals surface area contributed by atoms with Gasteiger partial charge in [0, 0.05) is 30.2 Å². The zero-order chi connectivity index (χ0) is 19.8. The zero-order valence-corrected chi connectivity index (χ0v) is 16.7. The van der Waals surface area contributed by atoms with Gasteiger partial charge in [0.15, 0.2) is 5.65 Å². The quantitative estimate of drug-likeness (QED) is 0.556. The zero-order valence-electron chi connectivity index (χ0n) is 16.7. The molecule has 28 heavy (non-hydrogen) atoms. The van der Waals surface area contributed by atoms with E-state index < -0.39 is 0 Å². The largest absolute Gasteiger partial charge is 0.392 e. The predicted molar refractivity (Wildman–Crippen MR) is 111 cm³/mol. The molecule has 0 fully saturated rings. The van der Waals surface area contributed by atoms with E-state index in [4.69, 9.17) is 4.98 Å². The SMILES string of the molecule is Cc1cccc(C)c1CNc1cc(-n2cc(CO)cn2)cn2c(C)c(C)nc12. The summed E-state index contributed by atoms with van der Waals surface area (Å²) in [5, 5.41) is 17.3. The van der Waals surface area contributed by atoms with Crippen LogP contribution in [0.15, 0.2) is 42.9 Å². The first-order chi connectivity index (χ1) is 13.5. The second-order valence-corrected chi connectivity index (χ2v) is 7.26. The van der Waals surface area contributed by atoms with Crippen LogP contribution in [0.25, 0.3) is 11.3 Å². The molecule has 6 heteroatoms. The van der Waals surface area contributed by atoms with Gasteiger partial charge in [0.1, 0.15) is 0 Å². The lowest BCUT2D eigenvalue weighted by Gasteiger charge is -2.14. The van der Waals surface area contributed by atoms with E-state index in [0.29, 0.717) is 0 Å². The van der Waals surface area contributed by atoms with E-state index in [9.17, 15) is 5.11 Å². The molecule has 0 radical (unpaired) electrons. The first-order valence-corrected chi connectivity index (χ1v) is 9.41. The summed E-state index contributed by atoms with van der Waals surface area (Å²) in [5.41, 5.74) is 9.50. The molecule has 0 spiro atoms. The maximum Gasteiger partial charge on any atom is 0.160 e. The molecule has 2 N–H and O–H groups in total. The topological polar surface area (TPSA) is 67.4 Å². The van der Waals surface area contributed by atoms with Gasteiger partial charge in [0.2, 0.25) is 0 Å². The van der Waals surface area contributed by atoms with Crippen LogP contribution >= 0.6 is 0 Å². The fourth-order valence-corrected chi connectivity index (χ4v) is 3.51. The maximum absolute atomic E-state index is 9.35. The number of hydrogen-bond donors (Lipinski definition) is 2. The minimum absolute atomic E-state index is 0.0247. The van der Waals surface area contributed by atoms with Crippen molar-refractivity contribution in [1.82, 2.24) is 19.2 Å². The third-order valence-electron chi connectivity index (χ3n) is 5.36. The number of aliphatic hydroxyl groups excluding tert-OH is 1. The van der Waals surface area contributed by atoms with Gasteiger partial charge in [0.25, 0.3) is 0 Å². The lowest BCUT2D eigenvalue weighted by Crippen LogP contribution is -2.07. The van der Waals surface area contributed by atoms with Crippen molar-refractivity contribution < 1.29 is 5.11 Å². The van der Waals surface area contributed by atoms with Crippen molar-refractivity contribution in [2.45, 2.75) is 40.8 Å². The molecule has 144 valence electrons. The molecule has 0 unspecified atom stereocenters. The fraction of sp³-hybridized carbons (Fsp3) is 0.273. The summed E-state index contributed by atoms with van der Waals surface area (Å²) < 4.78 is 3.88. The molecule has 0 amide bonds. The van der Waals surface area contributed by atoms with Crippen molar-refractivity contribution in [3.05, 3.63) is 76.5 Å². The van der Waals surface area contributed by atoms with Crippen LogP contribution in [0.2, 0.25) is 0 Å². The number of nitrogens with zero attached hydrogens (tertiary/aromatic N) is 4. The van der Waals surface area contributed by atoms with E-state index in [1.807, 2.05) is 19.3 Å². The number of aliphatic hydroxyl groups is 1. The molecule has 0 saturated carbocycles. The molecule has 6 nitrogen and oxygen atoms in total. The number of aromatic nitrogens is 4. The number of hydrogen-bond acceptors (Lipinski definition) is 4. The molecule has 1 aromatic carbocycles. The molecule has 4 rings (SSSR count). The number of nitrogens with one attached hydrogen (secondary N) is 1. The smallest absolute Gasteiger partial charge is 0.160 e. The molecule has 0 saturated heterocycles. The molecule has 0 bridgehead atoms. The van der Waals surface area contributed by atoms with Gasteiger partial charge in [-0.05, 0) is 50.5 Å². The minimum atomic E-state index is -0.0247. The van der Waals surface area contributed by atoms with Crippen LogP contribution in [0.4, 0.5) is 5.69 Å². The number of rotatable bonds is 5.